The van der Waals surface area contributed by atoms with E-state index in [0.29, 0.717) is 25.7 Å². The smallest absolute Gasteiger partial charge is 0.194 e. The van der Waals surface area contributed by atoms with Crippen LogP contribution in [0.15, 0.2) is 29.3 Å². The van der Waals surface area contributed by atoms with E-state index in [1.165, 1.54) is 30.6 Å². The maximum absolute atomic E-state index is 5.74. The molecule has 0 radical (unpaired) electrons. The van der Waals surface area contributed by atoms with Crippen molar-refractivity contribution in [1.29, 1.82) is 0 Å². The second-order valence-electron chi connectivity index (χ2n) is 9.80. The van der Waals surface area contributed by atoms with Crippen LogP contribution in [0.3, 0.4) is 0 Å². The summed E-state index contributed by atoms with van der Waals surface area (Å²) in [7, 11) is 1.71. The summed E-state index contributed by atoms with van der Waals surface area (Å²) in [5.74, 6) is 3.19. The van der Waals surface area contributed by atoms with E-state index in [9.17, 15) is 0 Å². The number of methoxy groups -OCH3 is 1. The maximum atomic E-state index is 5.74. The van der Waals surface area contributed by atoms with Crippen LogP contribution in [-0.2, 0) is 22.6 Å². The Morgan fingerprint density at radius 1 is 1.06 bits per heavy atom. The van der Waals surface area contributed by atoms with Crippen molar-refractivity contribution in [2.24, 2.45) is 22.7 Å². The molecule has 6 nitrogen and oxygen atoms in total. The van der Waals surface area contributed by atoms with Crippen LogP contribution < -0.4 is 5.32 Å². The zero-order chi connectivity index (χ0) is 22.8. The minimum absolute atomic E-state index is 0. The number of likely N-dealkylation sites (tertiary alicyclic amines) is 2. The largest absolute Gasteiger partial charge is 0.382 e. The molecule has 3 rings (SSSR count). The molecule has 188 valence electrons. The third-order valence-electron chi connectivity index (χ3n) is 6.49. The number of hydrogen-bond acceptors (Lipinski definition) is 4. The Balaban J connectivity index is 0.00000385. The van der Waals surface area contributed by atoms with Gasteiger partial charge in [0.25, 0.3) is 0 Å². The first-order valence-corrected chi connectivity index (χ1v) is 12.5. The first-order valence-electron chi connectivity index (χ1n) is 12.5. The normalized spacial score (nSPS) is 24.1. The Kier molecular flexibility index (Phi) is 13.0. The monoisotopic (exact) mass is 572 g/mol. The van der Waals surface area contributed by atoms with Crippen molar-refractivity contribution >= 4 is 29.9 Å². The van der Waals surface area contributed by atoms with E-state index >= 15 is 0 Å². The van der Waals surface area contributed by atoms with E-state index in [2.05, 4.69) is 60.2 Å². The molecule has 0 aliphatic carbocycles. The van der Waals surface area contributed by atoms with E-state index in [4.69, 9.17) is 14.5 Å². The molecule has 0 spiro atoms. The summed E-state index contributed by atoms with van der Waals surface area (Å²) in [5.41, 5.74) is 2.67. The summed E-state index contributed by atoms with van der Waals surface area (Å²) >= 11 is 0. The maximum Gasteiger partial charge on any atom is 0.194 e. The minimum atomic E-state index is 0. The lowest BCUT2D eigenvalue weighted by atomic mass is 9.91. The van der Waals surface area contributed by atoms with E-state index in [0.717, 1.165) is 57.0 Å². The van der Waals surface area contributed by atoms with Crippen LogP contribution in [0, 0.1) is 17.8 Å². The van der Waals surface area contributed by atoms with Crippen LogP contribution >= 0.6 is 24.0 Å². The first kappa shape index (κ1) is 28.3. The lowest BCUT2D eigenvalue weighted by Crippen LogP contribution is -2.40. The molecule has 1 aromatic rings. The number of nitrogens with zero attached hydrogens (tertiary/aromatic N) is 3. The molecule has 0 aromatic heterocycles. The molecule has 2 saturated heterocycles. The molecular weight excluding hydrogens is 527 g/mol. The minimum Gasteiger partial charge on any atom is -0.382 e. The van der Waals surface area contributed by atoms with Crippen molar-refractivity contribution in [3.8, 4) is 0 Å². The van der Waals surface area contributed by atoms with Gasteiger partial charge in [0, 0.05) is 52.3 Å². The molecule has 1 N–H and O–H groups in total. The first-order chi connectivity index (χ1) is 15.6. The number of ether oxygens (including phenoxy) is 2. The average Bonchev–Trinajstić information content (AvgIpc) is 3.23. The number of halogens is 1. The van der Waals surface area contributed by atoms with Crippen LogP contribution in [0.5, 0.6) is 0 Å². The van der Waals surface area contributed by atoms with Crippen LogP contribution in [0.2, 0.25) is 0 Å². The van der Waals surface area contributed by atoms with Crippen molar-refractivity contribution in [3.63, 3.8) is 0 Å². The van der Waals surface area contributed by atoms with Gasteiger partial charge in [0.05, 0.1) is 26.4 Å². The van der Waals surface area contributed by atoms with Crippen LogP contribution in [0.4, 0.5) is 0 Å². The summed E-state index contributed by atoms with van der Waals surface area (Å²) < 4.78 is 10.8. The second-order valence-corrected chi connectivity index (χ2v) is 9.80. The molecule has 0 saturated carbocycles. The van der Waals surface area contributed by atoms with Crippen LogP contribution in [0.25, 0.3) is 0 Å². The predicted octanol–water partition coefficient (Wildman–Crippen LogP) is 4.23. The molecule has 2 aliphatic heterocycles. The molecule has 7 heteroatoms. The van der Waals surface area contributed by atoms with Gasteiger partial charge in [0.1, 0.15) is 0 Å². The Hall–Kier alpha value is -0.900. The number of nitrogens with one attached hydrogen (secondary N) is 1. The van der Waals surface area contributed by atoms with Gasteiger partial charge in [-0.25, -0.2) is 4.99 Å². The number of rotatable bonds is 10. The Labute approximate surface area is 218 Å². The van der Waals surface area contributed by atoms with Gasteiger partial charge < -0.3 is 19.7 Å². The molecular formula is C26H45IN4O2. The molecule has 2 aliphatic rings. The SMILES string of the molecule is CCNC(=NCc1ccc(CN2CC(C)CC(C)C2)cc1)N1CCC(COCCOC)C1.I. The zero-order valence-corrected chi connectivity index (χ0v) is 23.4. The van der Waals surface area contributed by atoms with Gasteiger partial charge in [-0.2, -0.15) is 0 Å². The molecule has 33 heavy (non-hydrogen) atoms. The summed E-state index contributed by atoms with van der Waals surface area (Å²) in [5, 5.41) is 3.47. The van der Waals surface area contributed by atoms with Gasteiger partial charge in [-0.3, -0.25) is 4.90 Å². The molecule has 3 unspecified atom stereocenters. The third kappa shape index (κ3) is 9.70. The van der Waals surface area contributed by atoms with Crippen LogP contribution in [0.1, 0.15) is 44.7 Å². The van der Waals surface area contributed by atoms with E-state index in [1.54, 1.807) is 7.11 Å². The fourth-order valence-electron chi connectivity index (χ4n) is 5.07. The lowest BCUT2D eigenvalue weighted by molar-refractivity contribution is 0.0536. The van der Waals surface area contributed by atoms with Gasteiger partial charge >= 0.3 is 0 Å². The van der Waals surface area contributed by atoms with E-state index in [1.807, 2.05) is 0 Å². The lowest BCUT2D eigenvalue weighted by Gasteiger charge is -2.35. The predicted molar refractivity (Wildman–Crippen MR) is 147 cm³/mol. The van der Waals surface area contributed by atoms with Gasteiger partial charge in [-0.1, -0.05) is 38.1 Å². The van der Waals surface area contributed by atoms with E-state index < -0.39 is 0 Å². The highest BCUT2D eigenvalue weighted by Crippen LogP contribution is 2.22. The molecule has 3 atom stereocenters. The fraction of sp³-hybridized carbons (Fsp3) is 0.731. The molecule has 1 aromatic carbocycles. The summed E-state index contributed by atoms with van der Waals surface area (Å²) in [6, 6.07) is 9.06. The third-order valence-corrected chi connectivity index (χ3v) is 6.49. The van der Waals surface area contributed by atoms with Crippen molar-refractivity contribution in [2.45, 2.75) is 46.7 Å². The van der Waals surface area contributed by atoms with Gasteiger partial charge in [0.15, 0.2) is 5.96 Å². The highest BCUT2D eigenvalue weighted by Gasteiger charge is 2.25. The highest BCUT2D eigenvalue weighted by atomic mass is 127. The molecule has 2 heterocycles. The Morgan fingerprint density at radius 2 is 1.76 bits per heavy atom. The van der Waals surface area contributed by atoms with Crippen molar-refractivity contribution < 1.29 is 9.47 Å². The molecule has 0 bridgehead atoms. The Bertz CT molecular complexity index is 690. The topological polar surface area (TPSA) is 49.3 Å². The number of benzene rings is 1. The van der Waals surface area contributed by atoms with Gasteiger partial charge in [-0.15, -0.1) is 24.0 Å². The number of piperidine rings is 1. The van der Waals surface area contributed by atoms with Crippen molar-refractivity contribution in [2.75, 3.05) is 59.7 Å². The Morgan fingerprint density at radius 3 is 2.42 bits per heavy atom. The molecule has 0 amide bonds. The van der Waals surface area contributed by atoms with Gasteiger partial charge in [-0.05, 0) is 42.7 Å². The average molecular weight is 573 g/mol. The summed E-state index contributed by atoms with van der Waals surface area (Å²) in [6.45, 7) is 16.2. The van der Waals surface area contributed by atoms with Crippen LogP contribution in [-0.4, -0.2) is 75.4 Å². The van der Waals surface area contributed by atoms with Crippen molar-refractivity contribution in [3.05, 3.63) is 35.4 Å². The zero-order valence-electron chi connectivity index (χ0n) is 21.1. The van der Waals surface area contributed by atoms with E-state index in [-0.39, 0.29) is 24.0 Å². The fourth-order valence-corrected chi connectivity index (χ4v) is 5.07. The molecule has 2 fully saturated rings. The summed E-state index contributed by atoms with van der Waals surface area (Å²) in [6.07, 6.45) is 2.51. The number of guanidine groups is 1. The van der Waals surface area contributed by atoms with Gasteiger partial charge in [0.2, 0.25) is 0 Å². The number of aliphatic imine (C=N–C) groups is 1. The number of hydrogen-bond donors (Lipinski definition) is 1. The quantitative estimate of drug-likeness (QED) is 0.197. The second kappa shape index (κ2) is 15.2. The van der Waals surface area contributed by atoms with Crippen molar-refractivity contribution in [1.82, 2.24) is 15.1 Å². The summed E-state index contributed by atoms with van der Waals surface area (Å²) in [4.78, 5) is 9.92. The standard InChI is InChI=1S/C26H44N4O2.HI/c1-5-27-26(30-11-10-25(19-30)20-32-13-12-31-4)28-15-23-6-8-24(9-7-23)18-29-16-21(2)14-22(3)17-29;/h6-9,21-22,25H,5,10-20H2,1-4H3,(H,27,28);1H. The highest BCUT2D eigenvalue weighted by molar-refractivity contribution is 14.0.